The highest BCUT2D eigenvalue weighted by atomic mass is 16.6. The Morgan fingerprint density at radius 3 is 2.18 bits per heavy atom. The smallest absolute Gasteiger partial charge is 0.520 e. The summed E-state index contributed by atoms with van der Waals surface area (Å²) in [5.41, 5.74) is 0. The van der Waals surface area contributed by atoms with Gasteiger partial charge in [-0.3, -0.25) is 0 Å². The molecular weight excluding hydrogens is 139 g/mol. The molecule has 0 saturated carbocycles. The number of fused-ring (bicyclic) bond motifs is 1. The van der Waals surface area contributed by atoms with Gasteiger partial charge in [0.15, 0.2) is 0 Å². The van der Waals surface area contributed by atoms with Crippen LogP contribution in [-0.4, -0.2) is 7.12 Å². The molecule has 0 bridgehead atoms. The van der Waals surface area contributed by atoms with E-state index in [2.05, 4.69) is 6.58 Å². The summed E-state index contributed by atoms with van der Waals surface area (Å²) in [6, 6.07) is 7.57. The van der Waals surface area contributed by atoms with Gasteiger partial charge in [0.25, 0.3) is 0 Å². The zero-order valence-corrected chi connectivity index (χ0v) is 5.99. The van der Waals surface area contributed by atoms with Gasteiger partial charge in [-0.25, -0.2) is 0 Å². The zero-order chi connectivity index (χ0) is 7.68. The fourth-order valence-corrected chi connectivity index (χ4v) is 1.02. The lowest BCUT2D eigenvalue weighted by Gasteiger charge is -1.94. The van der Waals surface area contributed by atoms with E-state index in [-0.39, 0.29) is 7.12 Å². The minimum Gasteiger partial charge on any atom is -0.520 e. The first kappa shape index (κ1) is 6.34. The van der Waals surface area contributed by atoms with Gasteiger partial charge >= 0.3 is 7.12 Å². The van der Waals surface area contributed by atoms with E-state index in [1.807, 2.05) is 24.3 Å². The van der Waals surface area contributed by atoms with Gasteiger partial charge in [-0.05, 0) is 18.1 Å². The third-order valence-electron chi connectivity index (χ3n) is 1.53. The molecule has 0 spiro atoms. The largest absolute Gasteiger partial charge is 0.624 e. The van der Waals surface area contributed by atoms with Crippen molar-refractivity contribution in [3.05, 3.63) is 36.8 Å². The maximum Gasteiger partial charge on any atom is 0.624 e. The van der Waals surface area contributed by atoms with Gasteiger partial charge in [0, 0.05) is 0 Å². The van der Waals surface area contributed by atoms with Crippen LogP contribution in [0.2, 0.25) is 0 Å². The first-order chi connectivity index (χ1) is 5.40. The van der Waals surface area contributed by atoms with Crippen molar-refractivity contribution >= 4 is 7.12 Å². The van der Waals surface area contributed by atoms with E-state index in [0.29, 0.717) is 0 Å². The monoisotopic (exact) mass is 146 g/mol. The molecule has 2 rings (SSSR count). The van der Waals surface area contributed by atoms with Crippen LogP contribution in [0.4, 0.5) is 0 Å². The quantitative estimate of drug-likeness (QED) is 0.561. The Morgan fingerprint density at radius 2 is 1.73 bits per heavy atom. The highest BCUT2D eigenvalue weighted by Crippen LogP contribution is 2.32. The van der Waals surface area contributed by atoms with E-state index in [4.69, 9.17) is 9.31 Å². The van der Waals surface area contributed by atoms with Crippen molar-refractivity contribution in [2.75, 3.05) is 0 Å². The van der Waals surface area contributed by atoms with Gasteiger partial charge in [0.1, 0.15) is 11.5 Å². The first-order valence-electron chi connectivity index (χ1n) is 3.45. The van der Waals surface area contributed by atoms with E-state index < -0.39 is 0 Å². The van der Waals surface area contributed by atoms with Crippen LogP contribution in [0.15, 0.2) is 36.8 Å². The summed E-state index contributed by atoms with van der Waals surface area (Å²) in [5.74, 6) is 3.20. The minimum absolute atomic E-state index is 0.313. The number of benzene rings is 1. The van der Waals surface area contributed by atoms with Crippen LogP contribution < -0.4 is 9.31 Å². The van der Waals surface area contributed by atoms with Crippen LogP contribution in [0.25, 0.3) is 0 Å². The molecule has 0 aliphatic carbocycles. The van der Waals surface area contributed by atoms with Crippen molar-refractivity contribution in [3.63, 3.8) is 0 Å². The molecule has 1 heterocycles. The maximum absolute atomic E-state index is 5.32. The Bertz CT molecular complexity index is 260. The van der Waals surface area contributed by atoms with Gasteiger partial charge in [0.2, 0.25) is 0 Å². The summed E-state index contributed by atoms with van der Waals surface area (Å²) in [6.45, 7) is 3.58. The standard InChI is InChI=1S/C8H7BO2/c1-2-9-10-7-5-3-4-6-8(7)11-9/h2-6H,1H2. The van der Waals surface area contributed by atoms with Gasteiger partial charge in [0.05, 0.1) is 0 Å². The summed E-state index contributed by atoms with van der Waals surface area (Å²) < 4.78 is 10.6. The average molecular weight is 146 g/mol. The molecule has 1 aromatic carbocycles. The Kier molecular flexibility index (Phi) is 1.35. The van der Waals surface area contributed by atoms with Crippen LogP contribution in [-0.2, 0) is 0 Å². The molecule has 1 aliphatic heterocycles. The normalized spacial score (nSPS) is 13.3. The second kappa shape index (κ2) is 2.34. The van der Waals surface area contributed by atoms with Crippen molar-refractivity contribution in [1.82, 2.24) is 0 Å². The van der Waals surface area contributed by atoms with Crippen LogP contribution >= 0.6 is 0 Å². The highest BCUT2D eigenvalue weighted by molar-refractivity contribution is 6.53. The van der Waals surface area contributed by atoms with Crippen LogP contribution in [0.1, 0.15) is 0 Å². The molecular formula is C8H7BO2. The summed E-state index contributed by atoms with van der Waals surface area (Å²) in [6.07, 6.45) is 0. The fraction of sp³-hybridized carbons (Fsp3) is 0. The number of rotatable bonds is 1. The topological polar surface area (TPSA) is 18.5 Å². The van der Waals surface area contributed by atoms with Crippen molar-refractivity contribution in [2.24, 2.45) is 0 Å². The van der Waals surface area contributed by atoms with Gasteiger partial charge in [-0.15, -0.1) is 6.58 Å². The summed E-state index contributed by atoms with van der Waals surface area (Å²) in [4.78, 5) is 0. The highest BCUT2D eigenvalue weighted by Gasteiger charge is 2.27. The second-order valence-electron chi connectivity index (χ2n) is 2.29. The Hall–Kier alpha value is -1.38. The maximum atomic E-state index is 5.32. The molecule has 3 heteroatoms. The second-order valence-corrected chi connectivity index (χ2v) is 2.29. The van der Waals surface area contributed by atoms with E-state index >= 15 is 0 Å². The van der Waals surface area contributed by atoms with Crippen molar-refractivity contribution in [2.45, 2.75) is 0 Å². The van der Waals surface area contributed by atoms with Gasteiger partial charge in [-0.2, -0.15) is 0 Å². The van der Waals surface area contributed by atoms with E-state index in [1.54, 1.807) is 5.98 Å². The van der Waals surface area contributed by atoms with Crippen molar-refractivity contribution in [3.8, 4) is 11.5 Å². The Morgan fingerprint density at radius 1 is 1.18 bits per heavy atom. The SMILES string of the molecule is C=CB1Oc2ccccc2O1. The van der Waals surface area contributed by atoms with Crippen molar-refractivity contribution < 1.29 is 9.31 Å². The summed E-state index contributed by atoms with van der Waals surface area (Å²) >= 11 is 0. The van der Waals surface area contributed by atoms with E-state index in [0.717, 1.165) is 11.5 Å². The molecule has 54 valence electrons. The third kappa shape index (κ3) is 0.983. The number of hydrogen-bond acceptors (Lipinski definition) is 2. The van der Waals surface area contributed by atoms with Crippen LogP contribution in [0.3, 0.4) is 0 Å². The molecule has 0 atom stereocenters. The lowest BCUT2D eigenvalue weighted by atomic mass is 9.92. The molecule has 0 N–H and O–H groups in total. The van der Waals surface area contributed by atoms with E-state index in [1.165, 1.54) is 0 Å². The number of para-hydroxylation sites is 2. The predicted octanol–water partition coefficient (Wildman–Crippen LogP) is 1.67. The Labute approximate surface area is 65.6 Å². The molecule has 0 aromatic heterocycles. The minimum atomic E-state index is -0.313. The van der Waals surface area contributed by atoms with E-state index in [9.17, 15) is 0 Å². The fourth-order valence-electron chi connectivity index (χ4n) is 1.02. The predicted molar refractivity (Wildman–Crippen MR) is 43.6 cm³/mol. The first-order valence-corrected chi connectivity index (χ1v) is 3.45. The summed E-state index contributed by atoms with van der Waals surface area (Å²) in [7, 11) is -0.313. The average Bonchev–Trinajstić information content (AvgIpc) is 2.46. The van der Waals surface area contributed by atoms with Gasteiger partial charge < -0.3 is 9.31 Å². The third-order valence-corrected chi connectivity index (χ3v) is 1.53. The lowest BCUT2D eigenvalue weighted by Crippen LogP contribution is -2.20. The zero-order valence-electron chi connectivity index (χ0n) is 5.99. The molecule has 0 saturated heterocycles. The molecule has 1 aromatic rings. The Balaban J connectivity index is 2.33. The number of hydrogen-bond donors (Lipinski definition) is 0. The lowest BCUT2D eigenvalue weighted by molar-refractivity contribution is 0.517. The van der Waals surface area contributed by atoms with Crippen LogP contribution in [0, 0.1) is 0 Å². The molecule has 2 nitrogen and oxygen atoms in total. The summed E-state index contributed by atoms with van der Waals surface area (Å²) in [5, 5.41) is 0. The van der Waals surface area contributed by atoms with Gasteiger partial charge in [-0.1, -0.05) is 12.1 Å². The molecule has 1 aliphatic rings. The van der Waals surface area contributed by atoms with Crippen LogP contribution in [0.5, 0.6) is 11.5 Å². The molecule has 0 unspecified atom stereocenters. The molecule has 11 heavy (non-hydrogen) atoms. The molecule has 0 amide bonds. The molecule has 0 radical (unpaired) electrons. The molecule has 0 fully saturated rings. The van der Waals surface area contributed by atoms with Crippen molar-refractivity contribution in [1.29, 1.82) is 0 Å².